The summed E-state index contributed by atoms with van der Waals surface area (Å²) in [5.74, 6) is 0. The maximum absolute atomic E-state index is 12.8. The van der Waals surface area contributed by atoms with Crippen molar-refractivity contribution in [1.82, 2.24) is 15.0 Å². The van der Waals surface area contributed by atoms with Crippen molar-refractivity contribution in [2.24, 2.45) is 0 Å². The zero-order valence-electron chi connectivity index (χ0n) is 15.7. The Morgan fingerprint density at radius 2 is 1.52 bits per heavy atom. The molecule has 2 aliphatic rings. The molecule has 1 heterocycles. The predicted octanol–water partition coefficient (Wildman–Crippen LogP) is 3.54. The number of carbonyl (C=O) groups excluding carboxylic acids is 1. The van der Waals surface area contributed by atoms with Gasteiger partial charge in [0.15, 0.2) is 0 Å². The first-order chi connectivity index (χ1) is 13.0. The van der Waals surface area contributed by atoms with Crippen LogP contribution < -0.4 is 15.4 Å². The summed E-state index contributed by atoms with van der Waals surface area (Å²) in [4.78, 5) is 16.2. The molecule has 0 spiro atoms. The molecule has 3 rings (SSSR count). The lowest BCUT2D eigenvalue weighted by Crippen LogP contribution is -2.45. The molecule has 0 aliphatic heterocycles. The number of nitrogens with one attached hydrogen (secondary N) is 3. The highest BCUT2D eigenvalue weighted by Gasteiger charge is 2.25. The number of nitrogens with zero attached hydrogens (tertiary/aromatic N) is 1. The lowest BCUT2D eigenvalue weighted by Gasteiger charge is -2.23. The smallest absolute Gasteiger partial charge is 0.328 e. The summed E-state index contributed by atoms with van der Waals surface area (Å²) >= 11 is 0. The molecular weight excluding hydrogens is 364 g/mol. The third-order valence-electron chi connectivity index (χ3n) is 5.46. The van der Waals surface area contributed by atoms with Gasteiger partial charge in [-0.1, -0.05) is 44.9 Å². The maximum Gasteiger partial charge on any atom is 0.328 e. The highest BCUT2D eigenvalue weighted by Crippen LogP contribution is 2.25. The van der Waals surface area contributed by atoms with Crippen molar-refractivity contribution in [3.8, 4) is 0 Å². The summed E-state index contributed by atoms with van der Waals surface area (Å²) in [6.07, 6.45) is 14.8. The first kappa shape index (κ1) is 19.9. The molecule has 2 fully saturated rings. The van der Waals surface area contributed by atoms with E-state index in [4.69, 9.17) is 0 Å². The van der Waals surface area contributed by atoms with Crippen LogP contribution in [0.3, 0.4) is 0 Å². The Morgan fingerprint density at radius 3 is 2.19 bits per heavy atom. The second-order valence-electron chi connectivity index (χ2n) is 7.62. The number of amides is 2. The molecule has 0 saturated heterocycles. The van der Waals surface area contributed by atoms with Crippen molar-refractivity contribution in [2.45, 2.75) is 87.6 Å². The summed E-state index contributed by atoms with van der Waals surface area (Å²) in [6.45, 7) is 0. The van der Waals surface area contributed by atoms with Gasteiger partial charge in [-0.25, -0.2) is 17.9 Å². The SMILES string of the molecule is O=C(NC1CCCCC1)NS(=O)(=O)c1cnccc1NC1CCCCCC1. The quantitative estimate of drug-likeness (QED) is 0.663. The number of carbonyl (C=O) groups is 1. The van der Waals surface area contributed by atoms with E-state index in [-0.39, 0.29) is 17.0 Å². The molecule has 0 unspecified atom stereocenters. The van der Waals surface area contributed by atoms with Crippen LogP contribution in [0.5, 0.6) is 0 Å². The van der Waals surface area contributed by atoms with E-state index in [1.165, 1.54) is 25.5 Å². The molecule has 2 aliphatic carbocycles. The Balaban J connectivity index is 1.67. The van der Waals surface area contributed by atoms with Crippen LogP contribution in [0.2, 0.25) is 0 Å². The van der Waals surface area contributed by atoms with E-state index >= 15 is 0 Å². The number of pyridine rings is 1. The minimum Gasteiger partial charge on any atom is -0.381 e. The Labute approximate surface area is 161 Å². The summed E-state index contributed by atoms with van der Waals surface area (Å²) in [6, 6.07) is 1.30. The van der Waals surface area contributed by atoms with Crippen molar-refractivity contribution in [3.63, 3.8) is 0 Å². The van der Waals surface area contributed by atoms with E-state index in [0.717, 1.165) is 51.4 Å². The van der Waals surface area contributed by atoms with Crippen LogP contribution in [-0.4, -0.2) is 31.5 Å². The number of sulfonamides is 1. The molecule has 0 atom stereocenters. The number of anilines is 1. The lowest BCUT2D eigenvalue weighted by atomic mass is 9.96. The topological polar surface area (TPSA) is 100 Å². The molecule has 1 aromatic rings. The Morgan fingerprint density at radius 1 is 0.926 bits per heavy atom. The van der Waals surface area contributed by atoms with Gasteiger partial charge < -0.3 is 10.6 Å². The molecule has 3 N–H and O–H groups in total. The molecule has 8 heteroatoms. The van der Waals surface area contributed by atoms with Crippen molar-refractivity contribution in [2.75, 3.05) is 5.32 Å². The van der Waals surface area contributed by atoms with Crippen LogP contribution in [0, 0.1) is 0 Å². The molecule has 2 saturated carbocycles. The third kappa shape index (κ3) is 5.82. The van der Waals surface area contributed by atoms with E-state index < -0.39 is 16.1 Å². The number of aromatic nitrogens is 1. The van der Waals surface area contributed by atoms with Crippen LogP contribution in [0.1, 0.15) is 70.6 Å². The Bertz CT molecular complexity index is 724. The standard InChI is InChI=1S/C19H30N4O3S/c24-19(22-16-10-6-3-7-11-16)23-27(25,26)18-14-20-13-12-17(18)21-15-8-4-1-2-5-9-15/h12-16H,1-11H2,(H,20,21)(H2,22,23,24). The molecule has 7 nitrogen and oxygen atoms in total. The van der Waals surface area contributed by atoms with Gasteiger partial charge in [0, 0.05) is 24.5 Å². The molecule has 0 bridgehead atoms. The molecule has 0 radical (unpaired) electrons. The van der Waals surface area contributed by atoms with Gasteiger partial charge in [-0.3, -0.25) is 4.98 Å². The minimum atomic E-state index is -3.99. The van der Waals surface area contributed by atoms with Crippen molar-refractivity contribution >= 4 is 21.7 Å². The van der Waals surface area contributed by atoms with Crippen LogP contribution in [0.4, 0.5) is 10.5 Å². The maximum atomic E-state index is 12.8. The van der Waals surface area contributed by atoms with Crippen LogP contribution in [-0.2, 0) is 10.0 Å². The van der Waals surface area contributed by atoms with Gasteiger partial charge in [0.05, 0.1) is 5.69 Å². The van der Waals surface area contributed by atoms with E-state index in [1.807, 2.05) is 0 Å². The second kappa shape index (κ2) is 9.39. The fourth-order valence-electron chi connectivity index (χ4n) is 4.00. The van der Waals surface area contributed by atoms with Crippen LogP contribution in [0.15, 0.2) is 23.4 Å². The first-order valence-electron chi connectivity index (χ1n) is 10.1. The van der Waals surface area contributed by atoms with Gasteiger partial charge in [-0.2, -0.15) is 0 Å². The molecule has 150 valence electrons. The predicted molar refractivity (Wildman–Crippen MR) is 105 cm³/mol. The Hall–Kier alpha value is -1.83. The largest absolute Gasteiger partial charge is 0.381 e. The van der Waals surface area contributed by atoms with Gasteiger partial charge in [0.2, 0.25) is 0 Å². The number of hydrogen-bond acceptors (Lipinski definition) is 5. The van der Waals surface area contributed by atoms with E-state index in [0.29, 0.717) is 5.69 Å². The molecule has 1 aromatic heterocycles. The molecule has 0 aromatic carbocycles. The summed E-state index contributed by atoms with van der Waals surface area (Å²) in [5, 5.41) is 6.14. The lowest BCUT2D eigenvalue weighted by molar-refractivity contribution is 0.237. The van der Waals surface area contributed by atoms with Crippen molar-refractivity contribution in [1.29, 1.82) is 0 Å². The van der Waals surface area contributed by atoms with E-state index in [2.05, 4.69) is 20.3 Å². The fourth-order valence-corrected chi connectivity index (χ4v) is 5.02. The monoisotopic (exact) mass is 394 g/mol. The summed E-state index contributed by atoms with van der Waals surface area (Å²) < 4.78 is 27.7. The van der Waals surface area contributed by atoms with Crippen molar-refractivity contribution in [3.05, 3.63) is 18.5 Å². The summed E-state index contributed by atoms with van der Waals surface area (Å²) in [5.41, 5.74) is 0.509. The van der Waals surface area contributed by atoms with Gasteiger partial charge in [0.1, 0.15) is 4.90 Å². The van der Waals surface area contributed by atoms with E-state index in [9.17, 15) is 13.2 Å². The highest BCUT2D eigenvalue weighted by atomic mass is 32.2. The zero-order chi connectivity index (χ0) is 19.1. The molecule has 27 heavy (non-hydrogen) atoms. The van der Waals surface area contributed by atoms with E-state index in [1.54, 1.807) is 12.3 Å². The normalized spacial score (nSPS) is 19.9. The fraction of sp³-hybridized carbons (Fsp3) is 0.684. The number of rotatable bonds is 5. The summed E-state index contributed by atoms with van der Waals surface area (Å²) in [7, 11) is -3.99. The minimum absolute atomic E-state index is 0.0213. The second-order valence-corrected chi connectivity index (χ2v) is 9.27. The van der Waals surface area contributed by atoms with Gasteiger partial charge >= 0.3 is 6.03 Å². The third-order valence-corrected chi connectivity index (χ3v) is 6.81. The zero-order valence-corrected chi connectivity index (χ0v) is 16.6. The average Bonchev–Trinajstić information content (AvgIpc) is 2.91. The number of hydrogen-bond donors (Lipinski definition) is 3. The van der Waals surface area contributed by atoms with Crippen LogP contribution in [0.25, 0.3) is 0 Å². The molecule has 2 amide bonds. The van der Waals surface area contributed by atoms with Gasteiger partial charge in [-0.15, -0.1) is 0 Å². The Kier molecular flexibility index (Phi) is 6.93. The van der Waals surface area contributed by atoms with Gasteiger partial charge in [-0.05, 0) is 31.7 Å². The highest BCUT2D eigenvalue weighted by molar-refractivity contribution is 7.90. The van der Waals surface area contributed by atoms with Crippen molar-refractivity contribution < 1.29 is 13.2 Å². The first-order valence-corrected chi connectivity index (χ1v) is 11.6. The number of urea groups is 1. The van der Waals surface area contributed by atoms with Crippen LogP contribution >= 0.6 is 0 Å². The van der Waals surface area contributed by atoms with Gasteiger partial charge in [0.25, 0.3) is 10.0 Å². The average molecular weight is 395 g/mol. The molecular formula is C19H30N4O3S.